The van der Waals surface area contributed by atoms with Gasteiger partial charge in [-0.3, -0.25) is 14.4 Å². The zero-order valence-electron chi connectivity index (χ0n) is 17.5. The number of amides is 1. The standard InChI is InChI=1S/C23H23NO8/c1-29-12-14-10-18(25)22(28)23(32-14)16(11-20(26)24-6-8-30-9-7-24)17-13-31-19-5-3-2-4-15(19)21(17)27/h2-5,10,13,16,28H,6-9,11-12H2,1H3. The number of hydrogen-bond donors (Lipinski definition) is 1. The van der Waals surface area contributed by atoms with E-state index in [9.17, 15) is 19.5 Å². The minimum atomic E-state index is -1.03. The summed E-state index contributed by atoms with van der Waals surface area (Å²) in [7, 11) is 1.43. The van der Waals surface area contributed by atoms with Crippen LogP contribution in [0.25, 0.3) is 11.0 Å². The van der Waals surface area contributed by atoms with E-state index in [1.165, 1.54) is 13.4 Å². The van der Waals surface area contributed by atoms with E-state index in [1.807, 2.05) is 0 Å². The molecule has 3 aromatic rings. The van der Waals surface area contributed by atoms with Crippen LogP contribution in [0, 0.1) is 0 Å². The largest absolute Gasteiger partial charge is 0.502 e. The van der Waals surface area contributed by atoms with E-state index in [-0.39, 0.29) is 41.4 Å². The molecular weight excluding hydrogens is 418 g/mol. The molecule has 1 aromatic carbocycles. The fourth-order valence-electron chi connectivity index (χ4n) is 3.80. The van der Waals surface area contributed by atoms with E-state index < -0.39 is 17.1 Å². The smallest absolute Gasteiger partial charge is 0.227 e. The third-order valence-electron chi connectivity index (χ3n) is 5.43. The normalized spacial score (nSPS) is 15.1. The van der Waals surface area contributed by atoms with E-state index in [2.05, 4.69) is 0 Å². The quantitative estimate of drug-likeness (QED) is 0.617. The molecule has 9 nitrogen and oxygen atoms in total. The van der Waals surface area contributed by atoms with Crippen LogP contribution in [0.3, 0.4) is 0 Å². The van der Waals surface area contributed by atoms with Crippen LogP contribution in [-0.4, -0.2) is 49.3 Å². The molecule has 1 unspecified atom stereocenters. The number of rotatable bonds is 6. The number of aromatic hydroxyl groups is 1. The van der Waals surface area contributed by atoms with Crippen molar-refractivity contribution in [2.75, 3.05) is 33.4 Å². The van der Waals surface area contributed by atoms with E-state index in [1.54, 1.807) is 29.2 Å². The van der Waals surface area contributed by atoms with Crippen molar-refractivity contribution >= 4 is 16.9 Å². The summed E-state index contributed by atoms with van der Waals surface area (Å²) in [6, 6.07) is 7.83. The van der Waals surface area contributed by atoms with Crippen molar-refractivity contribution in [3.63, 3.8) is 0 Å². The molecule has 0 radical (unpaired) electrons. The summed E-state index contributed by atoms with van der Waals surface area (Å²) in [5.41, 5.74) is -0.560. The Labute approximate surface area is 182 Å². The molecule has 9 heteroatoms. The number of methoxy groups -OCH3 is 1. The van der Waals surface area contributed by atoms with Gasteiger partial charge in [0.1, 0.15) is 18.0 Å². The summed E-state index contributed by atoms with van der Waals surface area (Å²) in [4.78, 5) is 40.3. The molecule has 1 aliphatic rings. The number of ether oxygens (including phenoxy) is 2. The number of benzene rings is 1. The molecule has 0 spiro atoms. The fraction of sp³-hybridized carbons (Fsp3) is 0.348. The van der Waals surface area contributed by atoms with Gasteiger partial charge in [-0.15, -0.1) is 0 Å². The second-order valence-electron chi connectivity index (χ2n) is 7.49. The first kappa shape index (κ1) is 21.8. The molecule has 1 amide bonds. The minimum Gasteiger partial charge on any atom is -0.502 e. The molecule has 1 N–H and O–H groups in total. The van der Waals surface area contributed by atoms with Crippen LogP contribution < -0.4 is 10.9 Å². The minimum absolute atomic E-state index is 0.0149. The molecule has 3 heterocycles. The van der Waals surface area contributed by atoms with Crippen LogP contribution in [0.5, 0.6) is 5.75 Å². The lowest BCUT2D eigenvalue weighted by Gasteiger charge is -2.28. The number of fused-ring (bicyclic) bond motifs is 1. The molecular formula is C23H23NO8. The van der Waals surface area contributed by atoms with Crippen LogP contribution in [0.2, 0.25) is 0 Å². The lowest BCUT2D eigenvalue weighted by atomic mass is 9.91. The first-order chi connectivity index (χ1) is 15.5. The molecule has 4 rings (SSSR count). The van der Waals surface area contributed by atoms with Gasteiger partial charge in [-0.25, -0.2) is 0 Å². The monoisotopic (exact) mass is 441 g/mol. The van der Waals surface area contributed by atoms with Crippen LogP contribution in [0.1, 0.15) is 29.4 Å². The number of carbonyl (C=O) groups excluding carboxylic acids is 1. The van der Waals surface area contributed by atoms with Gasteiger partial charge in [-0.05, 0) is 12.1 Å². The van der Waals surface area contributed by atoms with Crippen LogP contribution in [0.4, 0.5) is 0 Å². The maximum Gasteiger partial charge on any atom is 0.227 e. The Hall–Kier alpha value is -3.43. The number of para-hydroxylation sites is 1. The molecule has 32 heavy (non-hydrogen) atoms. The Morgan fingerprint density at radius 2 is 1.97 bits per heavy atom. The van der Waals surface area contributed by atoms with Gasteiger partial charge < -0.3 is 28.3 Å². The lowest BCUT2D eigenvalue weighted by Crippen LogP contribution is -2.41. The van der Waals surface area contributed by atoms with Gasteiger partial charge >= 0.3 is 0 Å². The highest BCUT2D eigenvalue weighted by atomic mass is 16.5. The summed E-state index contributed by atoms with van der Waals surface area (Å²) in [6.45, 7) is 1.64. The SMILES string of the molecule is COCc1cc(=O)c(O)c(C(CC(=O)N2CCOCC2)c2coc3ccccc3c2=O)o1. The van der Waals surface area contributed by atoms with Crippen molar-refractivity contribution in [3.8, 4) is 5.75 Å². The number of nitrogens with zero attached hydrogens (tertiary/aromatic N) is 1. The lowest BCUT2D eigenvalue weighted by molar-refractivity contribution is -0.135. The Kier molecular flexibility index (Phi) is 6.38. The van der Waals surface area contributed by atoms with Crippen LogP contribution in [-0.2, 0) is 20.9 Å². The Morgan fingerprint density at radius 3 is 2.72 bits per heavy atom. The summed E-state index contributed by atoms with van der Waals surface area (Å²) in [5, 5.41) is 10.8. The van der Waals surface area contributed by atoms with Crippen molar-refractivity contribution in [3.05, 3.63) is 74.1 Å². The Bertz CT molecular complexity index is 1240. The topological polar surface area (TPSA) is 119 Å². The number of carbonyl (C=O) groups is 1. The molecule has 1 fully saturated rings. The average Bonchev–Trinajstić information content (AvgIpc) is 2.81. The predicted molar refractivity (Wildman–Crippen MR) is 114 cm³/mol. The van der Waals surface area contributed by atoms with Gasteiger partial charge in [0.15, 0.2) is 11.2 Å². The van der Waals surface area contributed by atoms with Crippen molar-refractivity contribution in [1.82, 2.24) is 4.90 Å². The highest BCUT2D eigenvalue weighted by Crippen LogP contribution is 2.33. The maximum absolute atomic E-state index is 13.3. The van der Waals surface area contributed by atoms with Gasteiger partial charge in [0.25, 0.3) is 0 Å². The predicted octanol–water partition coefficient (Wildman–Crippen LogP) is 1.98. The van der Waals surface area contributed by atoms with Gasteiger partial charge in [-0.2, -0.15) is 0 Å². The molecule has 1 saturated heterocycles. The third-order valence-corrected chi connectivity index (χ3v) is 5.43. The van der Waals surface area contributed by atoms with Gasteiger partial charge in [0, 0.05) is 38.2 Å². The molecule has 2 aromatic heterocycles. The molecule has 0 aliphatic carbocycles. The second-order valence-corrected chi connectivity index (χ2v) is 7.49. The zero-order chi connectivity index (χ0) is 22.7. The van der Waals surface area contributed by atoms with Crippen LogP contribution >= 0.6 is 0 Å². The highest BCUT2D eigenvalue weighted by molar-refractivity contribution is 5.79. The van der Waals surface area contributed by atoms with Crippen molar-refractivity contribution < 1.29 is 28.2 Å². The molecule has 168 valence electrons. The molecule has 0 saturated carbocycles. The van der Waals surface area contributed by atoms with Gasteiger partial charge in [-0.1, -0.05) is 12.1 Å². The molecule has 1 aliphatic heterocycles. The summed E-state index contributed by atoms with van der Waals surface area (Å²) >= 11 is 0. The first-order valence-electron chi connectivity index (χ1n) is 10.2. The number of hydrogen-bond acceptors (Lipinski definition) is 8. The van der Waals surface area contributed by atoms with E-state index >= 15 is 0 Å². The first-order valence-corrected chi connectivity index (χ1v) is 10.2. The summed E-state index contributed by atoms with van der Waals surface area (Å²) in [5.74, 6) is -1.95. The van der Waals surface area contributed by atoms with E-state index in [4.69, 9.17) is 18.3 Å². The Balaban J connectivity index is 1.84. The summed E-state index contributed by atoms with van der Waals surface area (Å²) in [6.07, 6.45) is 1.06. The zero-order valence-corrected chi connectivity index (χ0v) is 17.5. The Morgan fingerprint density at radius 1 is 1.22 bits per heavy atom. The van der Waals surface area contributed by atoms with E-state index in [0.29, 0.717) is 37.3 Å². The van der Waals surface area contributed by atoms with Gasteiger partial charge in [0.05, 0.1) is 30.8 Å². The molecule has 1 atom stereocenters. The van der Waals surface area contributed by atoms with Crippen molar-refractivity contribution in [2.24, 2.45) is 0 Å². The fourth-order valence-corrected chi connectivity index (χ4v) is 3.80. The van der Waals surface area contributed by atoms with Crippen molar-refractivity contribution in [1.29, 1.82) is 0 Å². The second kappa shape index (κ2) is 9.37. The highest BCUT2D eigenvalue weighted by Gasteiger charge is 2.31. The van der Waals surface area contributed by atoms with E-state index in [0.717, 1.165) is 6.07 Å². The molecule has 0 bridgehead atoms. The maximum atomic E-state index is 13.3. The number of morpholine rings is 1. The average molecular weight is 441 g/mol. The third kappa shape index (κ3) is 4.30. The van der Waals surface area contributed by atoms with Gasteiger partial charge in [0.2, 0.25) is 17.1 Å². The summed E-state index contributed by atoms with van der Waals surface area (Å²) < 4.78 is 21.7. The van der Waals surface area contributed by atoms with Crippen LogP contribution in [0.15, 0.2) is 55.0 Å². The van der Waals surface area contributed by atoms with Crippen molar-refractivity contribution in [2.45, 2.75) is 18.9 Å².